The molecule has 2 rings (SSSR count). The summed E-state index contributed by atoms with van der Waals surface area (Å²) < 4.78 is 0. The second-order valence-electron chi connectivity index (χ2n) is 5.99. The number of carbonyl (C=O) groups excluding carboxylic acids is 1. The molecule has 5 nitrogen and oxygen atoms in total. The molecule has 0 aliphatic heterocycles. The highest BCUT2D eigenvalue weighted by atomic mass is 32.1. The first-order valence-electron chi connectivity index (χ1n) is 7.23. The van der Waals surface area contributed by atoms with Gasteiger partial charge in [-0.2, -0.15) is 0 Å². The van der Waals surface area contributed by atoms with Crippen LogP contribution in [0.15, 0.2) is 0 Å². The van der Waals surface area contributed by atoms with E-state index in [0.717, 1.165) is 18.2 Å². The van der Waals surface area contributed by atoms with Gasteiger partial charge < -0.3 is 16.0 Å². The Morgan fingerprint density at radius 2 is 2.25 bits per heavy atom. The Balaban J connectivity index is 1.97. The third-order valence-corrected chi connectivity index (χ3v) is 4.63. The van der Waals surface area contributed by atoms with Gasteiger partial charge in [0.1, 0.15) is 10.7 Å². The zero-order valence-electron chi connectivity index (χ0n) is 12.5. The molecule has 1 aliphatic carbocycles. The normalized spacial score (nSPS) is 15.2. The Morgan fingerprint density at radius 3 is 2.80 bits per heavy atom. The van der Waals surface area contributed by atoms with E-state index in [1.54, 1.807) is 4.90 Å². The molecule has 3 N–H and O–H groups in total. The number of aromatic nitrogens is 1. The van der Waals surface area contributed by atoms with Crippen molar-refractivity contribution >= 4 is 28.2 Å². The summed E-state index contributed by atoms with van der Waals surface area (Å²) in [5.74, 6) is 1.52. The molecule has 1 aromatic heterocycles. The van der Waals surface area contributed by atoms with E-state index in [9.17, 15) is 4.79 Å². The van der Waals surface area contributed by atoms with E-state index < -0.39 is 0 Å². The highest BCUT2D eigenvalue weighted by Crippen LogP contribution is 2.29. The average molecular weight is 296 g/mol. The van der Waals surface area contributed by atoms with Crippen molar-refractivity contribution in [3.8, 4) is 0 Å². The lowest BCUT2D eigenvalue weighted by atomic mass is 9.85. The van der Waals surface area contributed by atoms with Crippen LogP contribution in [-0.4, -0.2) is 35.9 Å². The number of thiazole rings is 1. The van der Waals surface area contributed by atoms with Crippen LogP contribution in [0.2, 0.25) is 0 Å². The van der Waals surface area contributed by atoms with Crippen molar-refractivity contribution in [2.75, 3.05) is 31.2 Å². The molecule has 0 spiro atoms. The lowest BCUT2D eigenvalue weighted by molar-refractivity contribution is 0.0751. The summed E-state index contributed by atoms with van der Waals surface area (Å²) >= 11 is 1.35. The van der Waals surface area contributed by atoms with Crippen molar-refractivity contribution in [1.82, 2.24) is 9.88 Å². The molecule has 0 bridgehead atoms. The maximum atomic E-state index is 12.4. The standard InChI is InChI=1S/C14H24N4OS/c1-9(2)7-16-14-17-12(15)11(20-14)13(19)18(3)8-10-5-4-6-10/h9-10H,4-8,15H2,1-3H3,(H,16,17). The minimum absolute atomic E-state index is 0.00973. The van der Waals surface area contributed by atoms with Gasteiger partial charge >= 0.3 is 0 Å². The molecule has 1 fully saturated rings. The summed E-state index contributed by atoms with van der Waals surface area (Å²) in [7, 11) is 1.85. The van der Waals surface area contributed by atoms with Crippen LogP contribution in [0, 0.1) is 11.8 Å². The Bertz CT molecular complexity index is 468. The minimum Gasteiger partial charge on any atom is -0.382 e. The number of hydrogen-bond donors (Lipinski definition) is 2. The first-order chi connectivity index (χ1) is 9.47. The molecule has 0 radical (unpaired) electrons. The SMILES string of the molecule is CC(C)CNc1nc(N)c(C(=O)N(C)CC2CCC2)s1. The predicted molar refractivity (Wildman–Crippen MR) is 84.2 cm³/mol. The molecule has 1 heterocycles. The fourth-order valence-electron chi connectivity index (χ4n) is 2.17. The molecular formula is C14H24N4OS. The fraction of sp³-hybridized carbons (Fsp3) is 0.714. The Kier molecular flexibility index (Phi) is 4.86. The number of hydrogen-bond acceptors (Lipinski definition) is 5. The highest BCUT2D eigenvalue weighted by molar-refractivity contribution is 7.18. The molecule has 0 atom stereocenters. The van der Waals surface area contributed by atoms with Crippen LogP contribution >= 0.6 is 11.3 Å². The van der Waals surface area contributed by atoms with Crippen LogP contribution in [-0.2, 0) is 0 Å². The van der Waals surface area contributed by atoms with Crippen molar-refractivity contribution in [3.63, 3.8) is 0 Å². The van der Waals surface area contributed by atoms with E-state index >= 15 is 0 Å². The Hall–Kier alpha value is -1.30. The first kappa shape index (κ1) is 15.1. The molecule has 6 heteroatoms. The second kappa shape index (κ2) is 6.43. The van der Waals surface area contributed by atoms with Crippen LogP contribution < -0.4 is 11.1 Å². The van der Waals surface area contributed by atoms with Crippen LogP contribution in [0.5, 0.6) is 0 Å². The van der Waals surface area contributed by atoms with Gasteiger partial charge in [0.25, 0.3) is 5.91 Å². The molecule has 1 aromatic rings. The van der Waals surface area contributed by atoms with Gasteiger partial charge in [0.05, 0.1) is 0 Å². The van der Waals surface area contributed by atoms with Crippen molar-refractivity contribution in [2.45, 2.75) is 33.1 Å². The zero-order valence-corrected chi connectivity index (χ0v) is 13.3. The molecular weight excluding hydrogens is 272 g/mol. The van der Waals surface area contributed by atoms with Gasteiger partial charge in [0.15, 0.2) is 5.13 Å². The first-order valence-corrected chi connectivity index (χ1v) is 8.04. The monoisotopic (exact) mass is 296 g/mol. The van der Waals surface area contributed by atoms with Gasteiger partial charge in [0.2, 0.25) is 0 Å². The molecule has 0 aromatic carbocycles. The van der Waals surface area contributed by atoms with Gasteiger partial charge in [-0.25, -0.2) is 4.98 Å². The van der Waals surface area contributed by atoms with E-state index in [1.807, 2.05) is 7.05 Å². The van der Waals surface area contributed by atoms with Crippen LogP contribution in [0.4, 0.5) is 10.9 Å². The molecule has 0 saturated heterocycles. The molecule has 1 aliphatic rings. The summed E-state index contributed by atoms with van der Waals surface area (Å²) in [5, 5.41) is 3.95. The number of nitrogen functional groups attached to an aromatic ring is 1. The van der Waals surface area contributed by atoms with Crippen molar-refractivity contribution in [3.05, 3.63) is 4.88 Å². The summed E-state index contributed by atoms with van der Waals surface area (Å²) in [4.78, 5) is 18.9. The second-order valence-corrected chi connectivity index (χ2v) is 6.99. The van der Waals surface area contributed by atoms with E-state index in [1.165, 1.54) is 30.6 Å². The number of nitrogens with zero attached hydrogens (tertiary/aromatic N) is 2. The van der Waals surface area contributed by atoms with Crippen LogP contribution in [0.1, 0.15) is 42.8 Å². The maximum Gasteiger partial charge on any atom is 0.267 e. The fourth-order valence-corrected chi connectivity index (χ4v) is 3.06. The Labute approximate surface area is 124 Å². The number of carbonyl (C=O) groups is 1. The summed E-state index contributed by atoms with van der Waals surface area (Å²) in [6.07, 6.45) is 3.76. The largest absolute Gasteiger partial charge is 0.382 e. The van der Waals surface area contributed by atoms with Gasteiger partial charge in [-0.1, -0.05) is 31.6 Å². The van der Waals surface area contributed by atoms with Crippen molar-refractivity contribution in [2.24, 2.45) is 11.8 Å². The lowest BCUT2D eigenvalue weighted by Crippen LogP contribution is -2.34. The van der Waals surface area contributed by atoms with Crippen molar-refractivity contribution in [1.29, 1.82) is 0 Å². The number of rotatable bonds is 6. The third kappa shape index (κ3) is 3.62. The van der Waals surface area contributed by atoms with E-state index in [2.05, 4.69) is 24.1 Å². The molecule has 1 saturated carbocycles. The number of amides is 1. The molecule has 20 heavy (non-hydrogen) atoms. The molecule has 1 amide bonds. The summed E-state index contributed by atoms with van der Waals surface area (Å²) in [5.41, 5.74) is 5.88. The molecule has 112 valence electrons. The smallest absolute Gasteiger partial charge is 0.267 e. The van der Waals surface area contributed by atoms with Gasteiger partial charge in [-0.3, -0.25) is 4.79 Å². The van der Waals surface area contributed by atoms with Crippen LogP contribution in [0.3, 0.4) is 0 Å². The minimum atomic E-state index is -0.00973. The van der Waals surface area contributed by atoms with E-state index in [0.29, 0.717) is 22.5 Å². The summed E-state index contributed by atoms with van der Waals surface area (Å²) in [6.45, 7) is 5.91. The Morgan fingerprint density at radius 1 is 1.55 bits per heavy atom. The predicted octanol–water partition coefficient (Wildman–Crippen LogP) is 2.67. The van der Waals surface area contributed by atoms with E-state index in [4.69, 9.17) is 5.73 Å². The summed E-state index contributed by atoms with van der Waals surface area (Å²) in [6, 6.07) is 0. The van der Waals surface area contributed by atoms with Crippen molar-refractivity contribution < 1.29 is 4.79 Å². The quantitative estimate of drug-likeness (QED) is 0.846. The van der Waals surface area contributed by atoms with E-state index in [-0.39, 0.29) is 5.91 Å². The van der Waals surface area contributed by atoms with Gasteiger partial charge in [-0.15, -0.1) is 0 Å². The molecule has 0 unspecified atom stereocenters. The average Bonchev–Trinajstić information content (AvgIpc) is 2.71. The zero-order chi connectivity index (χ0) is 14.7. The van der Waals surface area contributed by atoms with Crippen LogP contribution in [0.25, 0.3) is 0 Å². The number of nitrogens with one attached hydrogen (secondary N) is 1. The maximum absolute atomic E-state index is 12.4. The third-order valence-electron chi connectivity index (χ3n) is 3.61. The highest BCUT2D eigenvalue weighted by Gasteiger charge is 2.24. The van der Waals surface area contributed by atoms with Gasteiger partial charge in [-0.05, 0) is 24.7 Å². The van der Waals surface area contributed by atoms with Gasteiger partial charge in [0, 0.05) is 20.1 Å². The topological polar surface area (TPSA) is 71.2 Å². The number of nitrogens with two attached hydrogens (primary N) is 1. The lowest BCUT2D eigenvalue weighted by Gasteiger charge is -2.29. The number of anilines is 2.